The van der Waals surface area contributed by atoms with Gasteiger partial charge in [0.2, 0.25) is 0 Å². The standard InChI is InChI=1S/C6H8O4/c7-1-2(8)4-6(10-4)5-3(1)9-5/h1-8H. The maximum atomic E-state index is 9.23. The zero-order chi connectivity index (χ0) is 6.88. The summed E-state index contributed by atoms with van der Waals surface area (Å²) >= 11 is 0. The number of epoxide rings is 2. The molecule has 3 aliphatic rings. The van der Waals surface area contributed by atoms with Crippen molar-refractivity contribution in [1.29, 1.82) is 0 Å². The largest absolute Gasteiger partial charge is 0.387 e. The maximum Gasteiger partial charge on any atom is 0.116 e. The average molecular weight is 144 g/mol. The molecule has 0 aromatic heterocycles. The predicted molar refractivity (Wildman–Crippen MR) is 29.3 cm³/mol. The molecule has 0 aromatic rings. The Bertz CT molecular complexity index is 163. The van der Waals surface area contributed by atoms with Crippen molar-refractivity contribution >= 4 is 0 Å². The molecule has 2 aliphatic heterocycles. The van der Waals surface area contributed by atoms with Crippen LogP contribution in [0.5, 0.6) is 0 Å². The summed E-state index contributed by atoms with van der Waals surface area (Å²) in [7, 11) is 0. The molecular weight excluding hydrogens is 136 g/mol. The summed E-state index contributed by atoms with van der Waals surface area (Å²) in [4.78, 5) is 0. The number of hydrogen-bond donors (Lipinski definition) is 2. The van der Waals surface area contributed by atoms with Crippen molar-refractivity contribution in [3.63, 3.8) is 0 Å². The molecule has 6 unspecified atom stereocenters. The number of aliphatic hydroxyl groups excluding tert-OH is 2. The summed E-state index contributed by atoms with van der Waals surface area (Å²) in [6, 6.07) is 0. The van der Waals surface area contributed by atoms with E-state index in [0.29, 0.717) is 0 Å². The third-order valence-electron chi connectivity index (χ3n) is 2.47. The highest BCUT2D eigenvalue weighted by atomic mass is 16.7. The van der Waals surface area contributed by atoms with E-state index in [1.807, 2.05) is 0 Å². The van der Waals surface area contributed by atoms with Crippen LogP contribution in [0.3, 0.4) is 0 Å². The van der Waals surface area contributed by atoms with Crippen LogP contribution in [0.4, 0.5) is 0 Å². The first kappa shape index (κ1) is 5.49. The quantitative estimate of drug-likeness (QED) is 0.396. The fraction of sp³-hybridized carbons (Fsp3) is 1.00. The van der Waals surface area contributed by atoms with Crippen molar-refractivity contribution in [3.05, 3.63) is 0 Å². The van der Waals surface area contributed by atoms with E-state index in [-0.39, 0.29) is 24.4 Å². The smallest absolute Gasteiger partial charge is 0.116 e. The van der Waals surface area contributed by atoms with Gasteiger partial charge in [-0.2, -0.15) is 0 Å². The molecule has 10 heavy (non-hydrogen) atoms. The lowest BCUT2D eigenvalue weighted by Gasteiger charge is -2.15. The van der Waals surface area contributed by atoms with E-state index in [2.05, 4.69) is 0 Å². The second-order valence-corrected chi connectivity index (χ2v) is 3.11. The third-order valence-corrected chi connectivity index (χ3v) is 2.47. The van der Waals surface area contributed by atoms with Gasteiger partial charge in [0, 0.05) is 0 Å². The van der Waals surface area contributed by atoms with Gasteiger partial charge >= 0.3 is 0 Å². The molecule has 6 atom stereocenters. The van der Waals surface area contributed by atoms with E-state index in [9.17, 15) is 10.2 Å². The molecule has 1 aliphatic carbocycles. The monoisotopic (exact) mass is 144 g/mol. The number of ether oxygens (including phenoxy) is 2. The highest BCUT2D eigenvalue weighted by Crippen LogP contribution is 2.47. The molecule has 2 saturated heterocycles. The topological polar surface area (TPSA) is 65.5 Å². The molecule has 0 radical (unpaired) electrons. The van der Waals surface area contributed by atoms with Crippen LogP contribution < -0.4 is 0 Å². The SMILES string of the molecule is OC1C(O)C2OC2C2OC12. The van der Waals surface area contributed by atoms with E-state index >= 15 is 0 Å². The molecule has 0 spiro atoms. The van der Waals surface area contributed by atoms with E-state index in [1.165, 1.54) is 0 Å². The first-order valence-electron chi connectivity index (χ1n) is 3.46. The van der Waals surface area contributed by atoms with Crippen LogP contribution in [0.1, 0.15) is 0 Å². The van der Waals surface area contributed by atoms with Crippen LogP contribution in [0, 0.1) is 0 Å². The summed E-state index contributed by atoms with van der Waals surface area (Å²) in [5, 5.41) is 18.5. The summed E-state index contributed by atoms with van der Waals surface area (Å²) < 4.78 is 10.2. The molecule has 4 heteroatoms. The van der Waals surface area contributed by atoms with Gasteiger partial charge < -0.3 is 19.7 Å². The lowest BCUT2D eigenvalue weighted by atomic mass is 9.95. The van der Waals surface area contributed by atoms with E-state index in [0.717, 1.165) is 0 Å². The van der Waals surface area contributed by atoms with E-state index in [1.54, 1.807) is 0 Å². The molecule has 3 fully saturated rings. The van der Waals surface area contributed by atoms with Gasteiger partial charge in [0.1, 0.15) is 36.6 Å². The average Bonchev–Trinajstić information content (AvgIpc) is 2.71. The van der Waals surface area contributed by atoms with Crippen molar-refractivity contribution in [2.75, 3.05) is 0 Å². The first-order valence-corrected chi connectivity index (χ1v) is 3.46. The Morgan fingerprint density at radius 2 is 1.10 bits per heavy atom. The Morgan fingerprint density at radius 3 is 1.50 bits per heavy atom. The third kappa shape index (κ3) is 0.473. The summed E-state index contributed by atoms with van der Waals surface area (Å²) in [5.41, 5.74) is 0. The molecule has 4 nitrogen and oxygen atoms in total. The second-order valence-electron chi connectivity index (χ2n) is 3.11. The van der Waals surface area contributed by atoms with Crippen LogP contribution in [0.25, 0.3) is 0 Å². The number of rotatable bonds is 0. The van der Waals surface area contributed by atoms with Crippen molar-refractivity contribution in [1.82, 2.24) is 0 Å². The van der Waals surface area contributed by atoms with E-state index in [4.69, 9.17) is 9.47 Å². The van der Waals surface area contributed by atoms with Crippen LogP contribution in [-0.4, -0.2) is 46.8 Å². The minimum atomic E-state index is -0.728. The highest BCUT2D eigenvalue weighted by molar-refractivity contribution is 5.15. The van der Waals surface area contributed by atoms with Gasteiger partial charge in [-0.1, -0.05) is 0 Å². The summed E-state index contributed by atoms with van der Waals surface area (Å²) in [6.45, 7) is 0. The predicted octanol–water partition coefficient (Wildman–Crippen LogP) is -1.74. The Hall–Kier alpha value is -0.160. The van der Waals surface area contributed by atoms with Crippen LogP contribution in [0.2, 0.25) is 0 Å². The molecule has 56 valence electrons. The van der Waals surface area contributed by atoms with Crippen LogP contribution >= 0.6 is 0 Å². The molecule has 0 bridgehead atoms. The summed E-state index contributed by atoms with van der Waals surface area (Å²) in [6.07, 6.45) is -1.62. The first-order chi connectivity index (χ1) is 4.79. The molecular formula is C6H8O4. The molecule has 2 N–H and O–H groups in total. The minimum Gasteiger partial charge on any atom is -0.387 e. The molecule has 0 amide bonds. The second kappa shape index (κ2) is 1.38. The fourth-order valence-electron chi connectivity index (χ4n) is 1.74. The molecule has 2 heterocycles. The lowest BCUT2D eigenvalue weighted by Crippen LogP contribution is -2.41. The minimum absolute atomic E-state index is 0.0726. The van der Waals surface area contributed by atoms with Gasteiger partial charge in [-0.25, -0.2) is 0 Å². The van der Waals surface area contributed by atoms with Gasteiger partial charge in [0.15, 0.2) is 0 Å². The molecule has 3 rings (SSSR count). The van der Waals surface area contributed by atoms with Crippen molar-refractivity contribution in [3.8, 4) is 0 Å². The van der Waals surface area contributed by atoms with Crippen LogP contribution in [-0.2, 0) is 9.47 Å². The Morgan fingerprint density at radius 1 is 0.700 bits per heavy atom. The normalized spacial score (nSPS) is 70.2. The highest BCUT2D eigenvalue weighted by Gasteiger charge is 2.68. The van der Waals surface area contributed by atoms with Gasteiger partial charge in [-0.05, 0) is 0 Å². The van der Waals surface area contributed by atoms with Gasteiger partial charge in [-0.3, -0.25) is 0 Å². The zero-order valence-electron chi connectivity index (χ0n) is 5.18. The number of aliphatic hydroxyl groups is 2. The van der Waals surface area contributed by atoms with Crippen molar-refractivity contribution < 1.29 is 19.7 Å². The summed E-state index contributed by atoms with van der Waals surface area (Å²) in [5.74, 6) is 0. The fourth-order valence-corrected chi connectivity index (χ4v) is 1.74. The van der Waals surface area contributed by atoms with E-state index < -0.39 is 12.2 Å². The van der Waals surface area contributed by atoms with Gasteiger partial charge in [-0.15, -0.1) is 0 Å². The number of hydrogen-bond acceptors (Lipinski definition) is 4. The van der Waals surface area contributed by atoms with Crippen LogP contribution in [0.15, 0.2) is 0 Å². The van der Waals surface area contributed by atoms with Gasteiger partial charge in [0.25, 0.3) is 0 Å². The maximum absolute atomic E-state index is 9.23. The van der Waals surface area contributed by atoms with Gasteiger partial charge in [0.05, 0.1) is 0 Å². The van der Waals surface area contributed by atoms with Crippen molar-refractivity contribution in [2.24, 2.45) is 0 Å². The Labute approximate surface area is 57.4 Å². The molecule has 1 saturated carbocycles. The Balaban J connectivity index is 1.89. The number of fused-ring (bicyclic) bond motifs is 3. The Kier molecular flexibility index (Phi) is 0.757. The zero-order valence-corrected chi connectivity index (χ0v) is 5.18. The molecule has 0 aromatic carbocycles. The van der Waals surface area contributed by atoms with Crippen molar-refractivity contribution in [2.45, 2.75) is 36.6 Å². The lowest BCUT2D eigenvalue weighted by molar-refractivity contribution is -0.0121.